The van der Waals surface area contributed by atoms with Gasteiger partial charge in [0.05, 0.1) is 34.0 Å². The van der Waals surface area contributed by atoms with Crippen LogP contribution in [0.15, 0.2) is 11.1 Å². The van der Waals surface area contributed by atoms with E-state index in [9.17, 15) is 4.79 Å². The van der Waals surface area contributed by atoms with Crippen LogP contribution in [0, 0.1) is 11.5 Å². The lowest BCUT2D eigenvalue weighted by molar-refractivity contribution is 0.0601. The molecule has 0 aromatic heterocycles. The minimum atomic E-state index is -0.625. The number of hydrogen-bond acceptors (Lipinski definition) is 8. The van der Waals surface area contributed by atoms with Crippen LogP contribution in [-0.4, -0.2) is 45.8 Å². The van der Waals surface area contributed by atoms with Crippen molar-refractivity contribution in [3.8, 4) is 23.4 Å². The second-order valence-corrected chi connectivity index (χ2v) is 4.69. The van der Waals surface area contributed by atoms with Gasteiger partial charge in [0.25, 0.3) is 0 Å². The molecule has 0 bridgehead atoms. The Hall–Kier alpha value is -2.60. The van der Waals surface area contributed by atoms with E-state index in [2.05, 4.69) is 10.3 Å². The Morgan fingerprint density at radius 3 is 2.30 bits per heavy atom. The summed E-state index contributed by atoms with van der Waals surface area (Å²) in [6, 6.07) is 1.44. The summed E-state index contributed by atoms with van der Waals surface area (Å²) in [6.07, 6.45) is 3.51. The lowest BCUT2D eigenvalue weighted by Gasteiger charge is -2.16. The summed E-state index contributed by atoms with van der Waals surface area (Å²) in [5, 5.41) is 11.5. The van der Waals surface area contributed by atoms with Crippen LogP contribution in [0.4, 0.5) is 5.69 Å². The Bertz CT molecular complexity index is 655. The first-order valence-electron chi connectivity index (χ1n) is 6.26. The van der Waals surface area contributed by atoms with Crippen LogP contribution in [0.2, 0.25) is 0 Å². The van der Waals surface area contributed by atoms with Gasteiger partial charge in [0, 0.05) is 6.07 Å². The Morgan fingerprint density at radius 2 is 1.87 bits per heavy atom. The molecule has 1 rings (SSSR count). The molecule has 0 saturated heterocycles. The Balaban J connectivity index is 3.75. The minimum absolute atomic E-state index is 0.119. The fourth-order valence-electron chi connectivity index (χ4n) is 1.79. The number of methoxy groups -OCH3 is 4. The number of benzene rings is 1. The fraction of sp³-hybridized carbons (Fsp3) is 0.357. The van der Waals surface area contributed by atoms with Gasteiger partial charge in [-0.15, -0.1) is 0 Å². The highest BCUT2D eigenvalue weighted by atomic mass is 32.2. The van der Waals surface area contributed by atoms with Crippen LogP contribution < -0.4 is 19.5 Å². The van der Waals surface area contributed by atoms with Crippen LogP contribution in [0.3, 0.4) is 0 Å². The van der Waals surface area contributed by atoms with E-state index in [1.165, 1.54) is 46.3 Å². The fourth-order valence-corrected chi connectivity index (χ4v) is 2.12. The molecule has 0 aliphatic rings. The number of ether oxygens (including phenoxy) is 4. The molecule has 0 unspecified atom stereocenters. The molecule has 0 amide bonds. The van der Waals surface area contributed by atoms with E-state index in [-0.39, 0.29) is 27.9 Å². The van der Waals surface area contributed by atoms with Gasteiger partial charge in [-0.25, -0.2) is 9.79 Å². The summed E-state index contributed by atoms with van der Waals surface area (Å²) >= 11 is 1.20. The normalized spacial score (nSPS) is 10.5. The first kappa shape index (κ1) is 18.4. The van der Waals surface area contributed by atoms with Gasteiger partial charge in [-0.2, -0.15) is 5.26 Å². The van der Waals surface area contributed by atoms with Crippen molar-refractivity contribution < 1.29 is 23.7 Å². The summed E-state index contributed by atoms with van der Waals surface area (Å²) in [7, 11) is 5.54. The van der Waals surface area contributed by atoms with Crippen molar-refractivity contribution in [1.29, 1.82) is 5.26 Å². The molecule has 0 fully saturated rings. The van der Waals surface area contributed by atoms with Gasteiger partial charge in [-0.3, -0.25) is 5.32 Å². The van der Waals surface area contributed by atoms with Crippen molar-refractivity contribution in [2.75, 3.05) is 34.7 Å². The topological polar surface area (TPSA) is 102 Å². The molecule has 0 aliphatic carbocycles. The summed E-state index contributed by atoms with van der Waals surface area (Å²) in [6.45, 7) is 0. The van der Waals surface area contributed by atoms with Crippen LogP contribution in [-0.2, 0) is 4.74 Å². The molecule has 1 N–H and O–H groups in total. The van der Waals surface area contributed by atoms with Gasteiger partial charge in [0.2, 0.25) is 5.75 Å². The molecular weight excluding hydrogens is 322 g/mol. The van der Waals surface area contributed by atoms with Gasteiger partial charge in [-0.05, 0) is 6.26 Å². The van der Waals surface area contributed by atoms with Crippen LogP contribution in [0.25, 0.3) is 0 Å². The number of carbonyl (C=O) groups excluding carboxylic acids is 1. The van der Waals surface area contributed by atoms with Crippen molar-refractivity contribution in [2.45, 2.75) is 0 Å². The molecule has 0 aliphatic heterocycles. The third kappa shape index (κ3) is 3.98. The number of esters is 1. The first-order valence-corrected chi connectivity index (χ1v) is 7.49. The number of rotatable bonds is 5. The highest BCUT2D eigenvalue weighted by Crippen LogP contribution is 2.47. The SMILES string of the molecule is COC(=O)c1cc(OC)c(OC)c(OC)c1N=C(NC#N)SC. The molecule has 1 aromatic rings. The van der Waals surface area contributed by atoms with Crippen molar-refractivity contribution in [3.63, 3.8) is 0 Å². The maximum absolute atomic E-state index is 12.1. The molecule has 0 saturated carbocycles. The summed E-state index contributed by atoms with van der Waals surface area (Å²) < 4.78 is 20.6. The Morgan fingerprint density at radius 1 is 1.22 bits per heavy atom. The predicted octanol–water partition coefficient (Wildman–Crippen LogP) is 1.92. The molecule has 0 heterocycles. The molecule has 0 radical (unpaired) electrons. The molecule has 9 heteroatoms. The van der Waals surface area contributed by atoms with Crippen LogP contribution in [0.5, 0.6) is 17.2 Å². The third-order valence-electron chi connectivity index (χ3n) is 2.78. The highest BCUT2D eigenvalue weighted by Gasteiger charge is 2.25. The largest absolute Gasteiger partial charge is 0.493 e. The number of nitrogens with zero attached hydrogens (tertiary/aromatic N) is 2. The zero-order valence-electron chi connectivity index (χ0n) is 13.4. The number of hydrogen-bond donors (Lipinski definition) is 1. The number of carbonyl (C=O) groups is 1. The van der Waals surface area contributed by atoms with Gasteiger partial charge in [0.1, 0.15) is 5.69 Å². The highest BCUT2D eigenvalue weighted by molar-refractivity contribution is 8.13. The first-order chi connectivity index (χ1) is 11.1. The van der Waals surface area contributed by atoms with E-state index in [0.717, 1.165) is 0 Å². The van der Waals surface area contributed by atoms with Gasteiger partial charge >= 0.3 is 5.97 Å². The number of amidine groups is 1. The quantitative estimate of drug-likeness (QED) is 0.285. The van der Waals surface area contributed by atoms with Crippen LogP contribution >= 0.6 is 11.8 Å². The molecule has 0 atom stereocenters. The molecule has 1 aromatic carbocycles. The number of aliphatic imine (C=N–C) groups is 1. The van der Waals surface area contributed by atoms with E-state index >= 15 is 0 Å². The van der Waals surface area contributed by atoms with Crippen molar-refractivity contribution in [3.05, 3.63) is 11.6 Å². The minimum Gasteiger partial charge on any atom is -0.493 e. The number of nitrogens with one attached hydrogen (secondary N) is 1. The standard InChI is InChI=1S/C14H17N3O5S/c1-19-9-6-8(13(18)22-4)10(12(21-3)11(9)20-2)17-14(23-5)16-7-15/h6H,1-5H3,(H,16,17). The third-order valence-corrected chi connectivity index (χ3v) is 3.36. The molecule has 8 nitrogen and oxygen atoms in total. The smallest absolute Gasteiger partial charge is 0.340 e. The van der Waals surface area contributed by atoms with E-state index < -0.39 is 5.97 Å². The maximum atomic E-state index is 12.1. The molecular formula is C14H17N3O5S. The van der Waals surface area contributed by atoms with Crippen LogP contribution in [0.1, 0.15) is 10.4 Å². The van der Waals surface area contributed by atoms with E-state index in [1.807, 2.05) is 0 Å². The average molecular weight is 339 g/mol. The predicted molar refractivity (Wildman–Crippen MR) is 86.8 cm³/mol. The average Bonchev–Trinajstić information content (AvgIpc) is 2.59. The van der Waals surface area contributed by atoms with Gasteiger partial charge in [0.15, 0.2) is 22.9 Å². The molecule has 0 spiro atoms. The molecule has 23 heavy (non-hydrogen) atoms. The number of thioether (sulfide) groups is 1. The van der Waals surface area contributed by atoms with Gasteiger partial charge in [-0.1, -0.05) is 11.8 Å². The maximum Gasteiger partial charge on any atom is 0.340 e. The Labute approximate surface area is 138 Å². The van der Waals surface area contributed by atoms with Crippen molar-refractivity contribution >= 4 is 28.6 Å². The lowest BCUT2D eigenvalue weighted by Crippen LogP contribution is -2.13. The van der Waals surface area contributed by atoms with Gasteiger partial charge < -0.3 is 18.9 Å². The van der Waals surface area contributed by atoms with E-state index in [1.54, 1.807) is 12.4 Å². The summed E-state index contributed by atoms with van der Waals surface area (Å²) in [5.41, 5.74) is 0.289. The Kier molecular flexibility index (Phi) is 7.02. The zero-order chi connectivity index (χ0) is 17.4. The zero-order valence-corrected chi connectivity index (χ0v) is 14.2. The van der Waals surface area contributed by atoms with E-state index in [4.69, 9.17) is 24.2 Å². The monoisotopic (exact) mass is 339 g/mol. The second-order valence-electron chi connectivity index (χ2n) is 3.89. The summed E-state index contributed by atoms with van der Waals surface area (Å²) in [4.78, 5) is 16.3. The van der Waals surface area contributed by atoms with E-state index in [0.29, 0.717) is 5.75 Å². The summed E-state index contributed by atoms with van der Waals surface area (Å²) in [5.74, 6) is 0.139. The lowest BCUT2D eigenvalue weighted by atomic mass is 10.1. The second kappa shape index (κ2) is 8.75. The van der Waals surface area contributed by atoms with Crippen molar-refractivity contribution in [2.24, 2.45) is 4.99 Å². The van der Waals surface area contributed by atoms with Crippen molar-refractivity contribution in [1.82, 2.24) is 5.32 Å². The molecule has 124 valence electrons. The number of nitriles is 1.